The Kier molecular flexibility index (Phi) is 5.36. The lowest BCUT2D eigenvalue weighted by Gasteiger charge is -1.83. The molecule has 3 heteroatoms. The summed E-state index contributed by atoms with van der Waals surface area (Å²) < 4.78 is 2.72. The van der Waals surface area contributed by atoms with Crippen LogP contribution in [0.1, 0.15) is 0 Å². The van der Waals surface area contributed by atoms with Crippen LogP contribution >= 0.6 is 45.2 Å². The first kappa shape index (κ1) is 7.26. The third-order valence-electron chi connectivity index (χ3n) is 0.338. The predicted molar refractivity (Wildman–Crippen MR) is 49.5 cm³/mol. The molecule has 34 valence electrons. The zero-order valence-corrected chi connectivity index (χ0v) is 7.80. The second-order valence-corrected chi connectivity index (χ2v) is 3.68. The fraction of sp³-hybridized carbons (Fsp3) is 0.333. The molecule has 0 radical (unpaired) electrons. The van der Waals surface area contributed by atoms with Crippen molar-refractivity contribution in [3.63, 3.8) is 0 Å². The van der Waals surface area contributed by atoms with E-state index >= 15 is 0 Å². The standard InChI is InChI=1S/C3H5BI2/c4-3(6)1-2-5/h1-3H,4H2. The summed E-state index contributed by atoms with van der Waals surface area (Å²) in [5.74, 6) is 0. The Hall–Kier alpha value is 1.26. The van der Waals surface area contributed by atoms with Crippen molar-refractivity contribution in [2.45, 2.75) is 3.82 Å². The minimum absolute atomic E-state index is 0.680. The zero-order chi connectivity index (χ0) is 4.99. The average Bonchev–Trinajstić information content (AvgIpc) is 1.35. The molecule has 0 aliphatic heterocycles. The van der Waals surface area contributed by atoms with Crippen LogP contribution < -0.4 is 0 Å². The van der Waals surface area contributed by atoms with Crippen LogP contribution in [-0.2, 0) is 0 Å². The molecule has 0 aromatic rings. The van der Waals surface area contributed by atoms with E-state index in [0.29, 0.717) is 3.82 Å². The first-order chi connectivity index (χ1) is 2.77. The smallest absolute Gasteiger partial charge is 0.0880 e. The number of rotatable bonds is 1. The quantitative estimate of drug-likeness (QED) is 0.389. The van der Waals surface area contributed by atoms with E-state index in [0.717, 1.165) is 0 Å². The summed E-state index contributed by atoms with van der Waals surface area (Å²) >= 11 is 4.57. The van der Waals surface area contributed by atoms with Crippen molar-refractivity contribution in [1.82, 2.24) is 0 Å². The number of alkyl halides is 1. The molecule has 0 aromatic carbocycles. The first-order valence-electron chi connectivity index (χ1n) is 1.68. The van der Waals surface area contributed by atoms with Crippen molar-refractivity contribution in [3.8, 4) is 0 Å². The Labute approximate surface area is 66.5 Å². The van der Waals surface area contributed by atoms with Gasteiger partial charge in [-0.1, -0.05) is 51.3 Å². The van der Waals surface area contributed by atoms with Gasteiger partial charge in [0.25, 0.3) is 0 Å². The highest BCUT2D eigenvalue weighted by Crippen LogP contribution is 1.96. The van der Waals surface area contributed by atoms with Crippen LogP contribution in [0, 0.1) is 0 Å². The Bertz CT molecular complexity index is 50.8. The lowest BCUT2D eigenvalue weighted by molar-refractivity contribution is 1.73. The van der Waals surface area contributed by atoms with E-state index in [1.54, 1.807) is 0 Å². The molecule has 0 bridgehead atoms. The lowest BCUT2D eigenvalue weighted by atomic mass is 10.1. The molecule has 1 unspecified atom stereocenters. The van der Waals surface area contributed by atoms with Crippen LogP contribution in [0.3, 0.4) is 0 Å². The van der Waals surface area contributed by atoms with Gasteiger partial charge in [0.15, 0.2) is 0 Å². The minimum atomic E-state index is 0.680. The van der Waals surface area contributed by atoms with E-state index in [9.17, 15) is 0 Å². The van der Waals surface area contributed by atoms with Crippen LogP contribution in [-0.4, -0.2) is 11.7 Å². The molecule has 0 amide bonds. The van der Waals surface area contributed by atoms with Gasteiger partial charge in [0.05, 0.1) is 0 Å². The van der Waals surface area contributed by atoms with Gasteiger partial charge >= 0.3 is 0 Å². The highest BCUT2D eigenvalue weighted by Gasteiger charge is 1.80. The van der Waals surface area contributed by atoms with Gasteiger partial charge in [-0.25, -0.2) is 0 Å². The third kappa shape index (κ3) is 5.26. The van der Waals surface area contributed by atoms with Crippen molar-refractivity contribution in [1.29, 1.82) is 0 Å². The Morgan fingerprint density at radius 3 is 2.17 bits per heavy atom. The molecule has 0 heterocycles. The van der Waals surface area contributed by atoms with E-state index < -0.39 is 0 Å². The maximum Gasteiger partial charge on any atom is 0.123 e. The molecular weight excluding hydrogens is 301 g/mol. The molecule has 1 atom stereocenters. The van der Waals surface area contributed by atoms with Gasteiger partial charge in [0, 0.05) is 0 Å². The predicted octanol–water partition coefficient (Wildman–Crippen LogP) is 1.33. The average molecular weight is 306 g/mol. The molecule has 0 aliphatic carbocycles. The van der Waals surface area contributed by atoms with Gasteiger partial charge in [0.2, 0.25) is 0 Å². The lowest BCUT2D eigenvalue weighted by Crippen LogP contribution is -1.84. The third-order valence-corrected chi connectivity index (χ3v) is 1.17. The summed E-state index contributed by atoms with van der Waals surface area (Å²) in [7, 11) is 2.15. The molecule has 0 saturated heterocycles. The molecule has 0 fully saturated rings. The minimum Gasteiger partial charge on any atom is -0.0880 e. The molecule has 0 aromatic heterocycles. The summed E-state index contributed by atoms with van der Waals surface area (Å²) in [6.07, 6.45) is 2.14. The van der Waals surface area contributed by atoms with E-state index in [2.05, 4.69) is 59.1 Å². The van der Waals surface area contributed by atoms with E-state index in [1.165, 1.54) is 0 Å². The topological polar surface area (TPSA) is 0 Å². The molecule has 0 spiro atoms. The largest absolute Gasteiger partial charge is 0.123 e. The molecule has 6 heavy (non-hydrogen) atoms. The van der Waals surface area contributed by atoms with Gasteiger partial charge in [-0.15, -0.1) is 0 Å². The molecule has 0 N–H and O–H groups in total. The summed E-state index contributed by atoms with van der Waals surface area (Å²) in [6, 6.07) is 0. The maximum atomic E-state index is 2.35. The van der Waals surface area contributed by atoms with E-state index in [4.69, 9.17) is 0 Å². The van der Waals surface area contributed by atoms with Crippen molar-refractivity contribution in [2.24, 2.45) is 0 Å². The normalized spacial score (nSPS) is 15.7. The van der Waals surface area contributed by atoms with Crippen molar-refractivity contribution < 1.29 is 0 Å². The molecule has 0 aliphatic rings. The SMILES string of the molecule is BC(I)C=CI. The fourth-order valence-electron chi connectivity index (χ4n) is 0.100. The van der Waals surface area contributed by atoms with Crippen molar-refractivity contribution >= 4 is 53.0 Å². The molecular formula is C3H5BI2. The van der Waals surface area contributed by atoms with Gasteiger partial charge < -0.3 is 0 Å². The monoisotopic (exact) mass is 306 g/mol. The highest BCUT2D eigenvalue weighted by atomic mass is 127. The summed E-state index contributed by atoms with van der Waals surface area (Å²) in [4.78, 5) is 0. The second kappa shape index (κ2) is 4.42. The van der Waals surface area contributed by atoms with E-state index in [-0.39, 0.29) is 0 Å². The van der Waals surface area contributed by atoms with Crippen molar-refractivity contribution in [3.05, 3.63) is 10.2 Å². The van der Waals surface area contributed by atoms with Crippen molar-refractivity contribution in [2.75, 3.05) is 0 Å². The highest BCUT2D eigenvalue weighted by molar-refractivity contribution is 14.1. The molecule has 0 rings (SSSR count). The van der Waals surface area contributed by atoms with Gasteiger partial charge in [-0.05, 0) is 7.91 Å². The number of allylic oxidation sites excluding steroid dienone is 1. The van der Waals surface area contributed by atoms with Crippen LogP contribution in [0.15, 0.2) is 10.2 Å². The van der Waals surface area contributed by atoms with Crippen LogP contribution in [0.5, 0.6) is 0 Å². The summed E-state index contributed by atoms with van der Waals surface area (Å²) in [5, 5.41) is 0. The Morgan fingerprint density at radius 1 is 1.67 bits per heavy atom. The molecule has 0 saturated carbocycles. The first-order valence-corrected chi connectivity index (χ1v) is 4.17. The molecule has 0 nitrogen and oxygen atoms in total. The number of hydrogen-bond acceptors (Lipinski definition) is 0. The van der Waals surface area contributed by atoms with Gasteiger partial charge in [-0.3, -0.25) is 0 Å². The van der Waals surface area contributed by atoms with Crippen LogP contribution in [0.2, 0.25) is 0 Å². The van der Waals surface area contributed by atoms with Gasteiger partial charge in [0.1, 0.15) is 7.85 Å². The zero-order valence-electron chi connectivity index (χ0n) is 3.49. The van der Waals surface area contributed by atoms with Crippen LogP contribution in [0.25, 0.3) is 0 Å². The Morgan fingerprint density at radius 2 is 2.17 bits per heavy atom. The van der Waals surface area contributed by atoms with E-state index in [1.807, 2.05) is 4.08 Å². The maximum absolute atomic E-state index is 2.35. The second-order valence-electron chi connectivity index (χ2n) is 0.996. The number of halogens is 2. The van der Waals surface area contributed by atoms with Gasteiger partial charge in [-0.2, -0.15) is 0 Å². The van der Waals surface area contributed by atoms with Crippen LogP contribution in [0.4, 0.5) is 0 Å². The fourth-order valence-corrected chi connectivity index (χ4v) is 1.73. The summed E-state index contributed by atoms with van der Waals surface area (Å²) in [5.41, 5.74) is 0. The summed E-state index contributed by atoms with van der Waals surface area (Å²) in [6.45, 7) is 0. The number of hydrogen-bond donors (Lipinski definition) is 0. The Balaban J connectivity index is 3.03.